The first-order valence-electron chi connectivity index (χ1n) is 7.88. The molecule has 0 aliphatic carbocycles. The molecule has 1 fully saturated rings. The Hall–Kier alpha value is -2.25. The zero-order valence-electron chi connectivity index (χ0n) is 13.7. The molecule has 0 radical (unpaired) electrons. The smallest absolute Gasteiger partial charge is 0.416 e. The van der Waals surface area contributed by atoms with Crippen LogP contribution in [0.1, 0.15) is 12.0 Å². The van der Waals surface area contributed by atoms with E-state index in [2.05, 4.69) is 10.6 Å². The lowest BCUT2D eigenvalue weighted by molar-refractivity contribution is -0.137. The summed E-state index contributed by atoms with van der Waals surface area (Å²) in [4.78, 5) is 12.0. The van der Waals surface area contributed by atoms with Crippen molar-refractivity contribution in [1.29, 1.82) is 0 Å². The van der Waals surface area contributed by atoms with E-state index in [0.717, 1.165) is 25.1 Å². The summed E-state index contributed by atoms with van der Waals surface area (Å²) < 4.78 is 43.6. The average molecular weight is 387 g/mol. The van der Waals surface area contributed by atoms with E-state index in [1.165, 1.54) is 12.1 Å². The number of hydrogen-bond donors (Lipinski definition) is 2. The van der Waals surface area contributed by atoms with Crippen LogP contribution in [-0.2, 0) is 11.0 Å². The number of halogens is 4. The first kappa shape index (κ1) is 20.1. The molecule has 140 valence electrons. The summed E-state index contributed by atoms with van der Waals surface area (Å²) in [6.45, 7) is 1.50. The molecule has 2 aromatic carbocycles. The van der Waals surface area contributed by atoms with Gasteiger partial charge in [-0.1, -0.05) is 6.07 Å². The maximum absolute atomic E-state index is 12.7. The molecule has 1 aliphatic heterocycles. The first-order valence-corrected chi connectivity index (χ1v) is 7.88. The molecule has 2 aromatic rings. The van der Waals surface area contributed by atoms with Gasteiger partial charge in [-0.05, 0) is 55.4 Å². The Bertz CT molecular complexity index is 745. The molecule has 1 unspecified atom stereocenters. The minimum Gasteiger partial charge on any atom is -0.457 e. The molecule has 0 spiro atoms. The monoisotopic (exact) mass is 386 g/mol. The Kier molecular flexibility index (Phi) is 6.50. The number of carbonyl (C=O) groups is 1. The standard InChI is InChI=1S/C18H17F3N2O2.ClH/c19-18(20,21)13-2-1-3-16(10-13)25-15-6-4-14(5-7-15)23-17(24)12-8-9-22-11-12;/h1-7,10,12,22H,8-9,11H2,(H,23,24);1H. The predicted octanol–water partition coefficient (Wildman–Crippen LogP) is 4.47. The number of alkyl halides is 3. The second kappa shape index (κ2) is 8.42. The summed E-state index contributed by atoms with van der Waals surface area (Å²) in [7, 11) is 0. The van der Waals surface area contributed by atoms with Crippen molar-refractivity contribution in [2.24, 2.45) is 5.92 Å². The zero-order chi connectivity index (χ0) is 17.9. The molecule has 0 saturated carbocycles. The van der Waals surface area contributed by atoms with Crippen LogP contribution in [0.15, 0.2) is 48.5 Å². The Labute approximate surface area is 155 Å². The van der Waals surface area contributed by atoms with E-state index in [9.17, 15) is 18.0 Å². The van der Waals surface area contributed by atoms with E-state index in [4.69, 9.17) is 4.74 Å². The van der Waals surface area contributed by atoms with Gasteiger partial charge in [-0.2, -0.15) is 13.2 Å². The van der Waals surface area contributed by atoms with Crippen molar-refractivity contribution in [3.05, 3.63) is 54.1 Å². The number of amides is 1. The fraction of sp³-hybridized carbons (Fsp3) is 0.278. The van der Waals surface area contributed by atoms with Crippen molar-refractivity contribution in [3.63, 3.8) is 0 Å². The Morgan fingerprint density at radius 3 is 2.46 bits per heavy atom. The molecular formula is C18H18ClF3N2O2. The van der Waals surface area contributed by atoms with Gasteiger partial charge in [-0.3, -0.25) is 4.79 Å². The number of ether oxygens (including phenoxy) is 1. The van der Waals surface area contributed by atoms with Gasteiger partial charge < -0.3 is 15.4 Å². The lowest BCUT2D eigenvalue weighted by Crippen LogP contribution is -2.24. The topological polar surface area (TPSA) is 50.4 Å². The van der Waals surface area contributed by atoms with E-state index in [1.54, 1.807) is 24.3 Å². The molecule has 26 heavy (non-hydrogen) atoms. The fourth-order valence-corrected chi connectivity index (χ4v) is 2.60. The molecule has 1 saturated heterocycles. The number of nitrogens with one attached hydrogen (secondary N) is 2. The minimum absolute atomic E-state index is 0. The molecule has 2 N–H and O–H groups in total. The summed E-state index contributed by atoms with van der Waals surface area (Å²) in [6, 6.07) is 11.2. The maximum atomic E-state index is 12.7. The van der Waals surface area contributed by atoms with E-state index in [0.29, 0.717) is 18.0 Å². The molecule has 1 amide bonds. The molecule has 0 aromatic heterocycles. The van der Waals surface area contributed by atoms with E-state index in [-0.39, 0.29) is 30.0 Å². The highest BCUT2D eigenvalue weighted by atomic mass is 35.5. The van der Waals surface area contributed by atoms with Crippen LogP contribution < -0.4 is 15.4 Å². The Balaban J connectivity index is 0.00000243. The van der Waals surface area contributed by atoms with Crippen LogP contribution in [0.3, 0.4) is 0 Å². The predicted molar refractivity (Wildman–Crippen MR) is 94.8 cm³/mol. The Morgan fingerprint density at radius 1 is 1.12 bits per heavy atom. The molecule has 1 atom stereocenters. The Morgan fingerprint density at radius 2 is 1.85 bits per heavy atom. The molecule has 4 nitrogen and oxygen atoms in total. The number of benzene rings is 2. The summed E-state index contributed by atoms with van der Waals surface area (Å²) >= 11 is 0. The van der Waals surface area contributed by atoms with Gasteiger partial charge in [-0.25, -0.2) is 0 Å². The SMILES string of the molecule is Cl.O=C(Nc1ccc(Oc2cccc(C(F)(F)F)c2)cc1)C1CCNC1. The van der Waals surface area contributed by atoms with Crippen molar-refractivity contribution in [3.8, 4) is 11.5 Å². The van der Waals surface area contributed by atoms with Crippen LogP contribution >= 0.6 is 12.4 Å². The van der Waals surface area contributed by atoms with Crippen molar-refractivity contribution < 1.29 is 22.7 Å². The van der Waals surface area contributed by atoms with E-state index in [1.807, 2.05) is 0 Å². The second-order valence-corrected chi connectivity index (χ2v) is 5.83. The van der Waals surface area contributed by atoms with Crippen molar-refractivity contribution in [2.45, 2.75) is 12.6 Å². The van der Waals surface area contributed by atoms with Crippen LogP contribution in [0.4, 0.5) is 18.9 Å². The van der Waals surface area contributed by atoms with Crippen LogP contribution in [0.2, 0.25) is 0 Å². The molecular weight excluding hydrogens is 369 g/mol. The molecule has 0 bridgehead atoms. The highest BCUT2D eigenvalue weighted by Crippen LogP contribution is 2.32. The van der Waals surface area contributed by atoms with Crippen LogP contribution in [0, 0.1) is 5.92 Å². The lowest BCUT2D eigenvalue weighted by atomic mass is 10.1. The summed E-state index contributed by atoms with van der Waals surface area (Å²) in [5.41, 5.74) is -0.146. The van der Waals surface area contributed by atoms with Gasteiger partial charge in [0.15, 0.2) is 0 Å². The highest BCUT2D eigenvalue weighted by molar-refractivity contribution is 5.92. The van der Waals surface area contributed by atoms with Gasteiger partial charge in [0.05, 0.1) is 11.5 Å². The van der Waals surface area contributed by atoms with Crippen LogP contribution in [0.25, 0.3) is 0 Å². The molecule has 1 aliphatic rings. The molecule has 1 heterocycles. The van der Waals surface area contributed by atoms with Gasteiger partial charge in [-0.15, -0.1) is 12.4 Å². The molecule has 3 rings (SSSR count). The highest BCUT2D eigenvalue weighted by Gasteiger charge is 2.30. The molecule has 8 heteroatoms. The van der Waals surface area contributed by atoms with Gasteiger partial charge in [0.2, 0.25) is 5.91 Å². The zero-order valence-corrected chi connectivity index (χ0v) is 14.5. The van der Waals surface area contributed by atoms with Crippen LogP contribution in [0.5, 0.6) is 11.5 Å². The van der Waals surface area contributed by atoms with E-state index >= 15 is 0 Å². The van der Waals surface area contributed by atoms with Crippen molar-refractivity contribution in [2.75, 3.05) is 18.4 Å². The number of anilines is 1. The van der Waals surface area contributed by atoms with Gasteiger partial charge in [0, 0.05) is 12.2 Å². The minimum atomic E-state index is -4.41. The van der Waals surface area contributed by atoms with Gasteiger partial charge in [0.1, 0.15) is 11.5 Å². The number of carbonyl (C=O) groups excluding carboxylic acids is 1. The summed E-state index contributed by atoms with van der Waals surface area (Å²) in [5.74, 6) is 0.404. The maximum Gasteiger partial charge on any atom is 0.416 e. The number of rotatable bonds is 4. The average Bonchev–Trinajstić information content (AvgIpc) is 3.11. The van der Waals surface area contributed by atoms with E-state index < -0.39 is 11.7 Å². The van der Waals surface area contributed by atoms with Crippen molar-refractivity contribution in [1.82, 2.24) is 5.32 Å². The normalized spacial score (nSPS) is 16.7. The number of hydrogen-bond acceptors (Lipinski definition) is 3. The quantitative estimate of drug-likeness (QED) is 0.815. The van der Waals surface area contributed by atoms with Gasteiger partial charge in [0.25, 0.3) is 0 Å². The van der Waals surface area contributed by atoms with Gasteiger partial charge >= 0.3 is 6.18 Å². The van der Waals surface area contributed by atoms with Crippen molar-refractivity contribution >= 4 is 24.0 Å². The third-order valence-electron chi connectivity index (χ3n) is 3.95. The second-order valence-electron chi connectivity index (χ2n) is 5.83. The third-order valence-corrected chi connectivity index (χ3v) is 3.95. The third kappa shape index (κ3) is 5.12. The van der Waals surface area contributed by atoms with Crippen LogP contribution in [-0.4, -0.2) is 19.0 Å². The fourth-order valence-electron chi connectivity index (χ4n) is 2.60. The first-order chi connectivity index (χ1) is 11.9. The lowest BCUT2D eigenvalue weighted by Gasteiger charge is -2.12. The summed E-state index contributed by atoms with van der Waals surface area (Å²) in [6.07, 6.45) is -3.61. The summed E-state index contributed by atoms with van der Waals surface area (Å²) in [5, 5.41) is 5.95. The largest absolute Gasteiger partial charge is 0.457 e.